The number of aromatic nitrogens is 3. The zero-order valence-corrected chi connectivity index (χ0v) is 13.7. The highest BCUT2D eigenvalue weighted by molar-refractivity contribution is 7.86. The lowest BCUT2D eigenvalue weighted by Crippen LogP contribution is -2.14. The van der Waals surface area contributed by atoms with Gasteiger partial charge in [0.15, 0.2) is 0 Å². The average molecular weight is 335 g/mol. The molecule has 22 heavy (non-hydrogen) atoms. The summed E-state index contributed by atoms with van der Waals surface area (Å²) in [5, 5.41) is 1.17. The number of hydrogen-bond acceptors (Lipinski definition) is 3. The lowest BCUT2D eigenvalue weighted by atomic mass is 10.3. The van der Waals surface area contributed by atoms with Crippen molar-refractivity contribution in [3.05, 3.63) is 48.0 Å². The van der Waals surface area contributed by atoms with E-state index in [0.717, 1.165) is 22.4 Å². The molecule has 2 heterocycles. The molecule has 0 fully saturated rings. The van der Waals surface area contributed by atoms with Gasteiger partial charge in [0.05, 0.1) is 0 Å². The van der Waals surface area contributed by atoms with Gasteiger partial charge in [0, 0.05) is 34.4 Å². The van der Waals surface area contributed by atoms with Crippen molar-refractivity contribution in [3.8, 4) is 5.69 Å². The third-order valence-corrected chi connectivity index (χ3v) is 4.64. The van der Waals surface area contributed by atoms with Crippen LogP contribution in [0, 0.1) is 0 Å². The first-order chi connectivity index (χ1) is 10.5. The molecule has 0 spiro atoms. The lowest BCUT2D eigenvalue weighted by Gasteiger charge is -2.11. The first-order valence-corrected chi connectivity index (χ1v) is 8.41. The second-order valence-corrected chi connectivity index (χ2v) is 7.18. The maximum Gasteiger partial charge on any atom is 0.224 e. The molecule has 0 saturated heterocycles. The van der Waals surface area contributed by atoms with E-state index in [1.54, 1.807) is 6.20 Å². The van der Waals surface area contributed by atoms with Gasteiger partial charge in [0.25, 0.3) is 0 Å². The highest BCUT2D eigenvalue weighted by Gasteiger charge is 2.09. The van der Waals surface area contributed by atoms with Gasteiger partial charge in [0.1, 0.15) is 16.6 Å². The van der Waals surface area contributed by atoms with Crippen LogP contribution >= 0.6 is 11.6 Å². The Morgan fingerprint density at radius 2 is 2.14 bits per heavy atom. The Morgan fingerprint density at radius 1 is 1.32 bits per heavy atom. The van der Waals surface area contributed by atoms with Gasteiger partial charge in [-0.15, -0.1) is 0 Å². The fourth-order valence-electron chi connectivity index (χ4n) is 2.06. The summed E-state index contributed by atoms with van der Waals surface area (Å²) >= 11 is 5.88. The van der Waals surface area contributed by atoms with Gasteiger partial charge in [-0.25, -0.2) is 9.19 Å². The Hall–Kier alpha value is -1.92. The van der Waals surface area contributed by atoms with E-state index < -0.39 is 11.0 Å². The van der Waals surface area contributed by atoms with Crippen LogP contribution in [-0.4, -0.2) is 24.0 Å². The normalized spacial score (nSPS) is 12.7. The summed E-state index contributed by atoms with van der Waals surface area (Å²) in [6.07, 6.45) is 3.60. The molecule has 0 aliphatic carbocycles. The summed E-state index contributed by atoms with van der Waals surface area (Å²) in [5.41, 5.74) is 2.45. The molecule has 1 unspecified atom stereocenters. The molecule has 1 atom stereocenters. The predicted octanol–water partition coefficient (Wildman–Crippen LogP) is 3.56. The molecule has 1 N–H and O–H groups in total. The SMILES string of the molecule is CC(C)S(=O)Nc1cccc(-n2ccc3cnc(Cl)nc32)c1. The summed E-state index contributed by atoms with van der Waals surface area (Å²) < 4.78 is 16.8. The number of nitrogens with zero attached hydrogens (tertiary/aromatic N) is 3. The Labute approximate surface area is 135 Å². The van der Waals surface area contributed by atoms with Crippen molar-refractivity contribution >= 4 is 39.3 Å². The molecule has 114 valence electrons. The number of rotatable bonds is 4. The van der Waals surface area contributed by atoms with Crippen LogP contribution < -0.4 is 4.72 Å². The summed E-state index contributed by atoms with van der Waals surface area (Å²) in [7, 11) is -1.11. The van der Waals surface area contributed by atoms with Gasteiger partial charge in [-0.1, -0.05) is 6.07 Å². The molecule has 0 aliphatic rings. The Bertz CT molecular complexity index is 846. The monoisotopic (exact) mass is 334 g/mol. The van der Waals surface area contributed by atoms with E-state index in [4.69, 9.17) is 11.6 Å². The largest absolute Gasteiger partial charge is 0.305 e. The highest BCUT2D eigenvalue weighted by Crippen LogP contribution is 2.22. The van der Waals surface area contributed by atoms with Gasteiger partial charge in [-0.05, 0) is 49.7 Å². The minimum absolute atomic E-state index is 0.0441. The van der Waals surface area contributed by atoms with E-state index in [9.17, 15) is 4.21 Å². The molecule has 3 rings (SSSR count). The molecule has 5 nitrogen and oxygen atoms in total. The Kier molecular flexibility index (Phi) is 4.13. The molecule has 0 aliphatic heterocycles. The molecule has 1 aromatic carbocycles. The zero-order valence-electron chi connectivity index (χ0n) is 12.2. The van der Waals surface area contributed by atoms with Crippen molar-refractivity contribution in [2.75, 3.05) is 4.72 Å². The maximum atomic E-state index is 11.9. The lowest BCUT2D eigenvalue weighted by molar-refractivity contribution is 0.680. The summed E-state index contributed by atoms with van der Waals surface area (Å²) in [6.45, 7) is 3.82. The van der Waals surface area contributed by atoms with Gasteiger partial charge in [0.2, 0.25) is 5.28 Å². The van der Waals surface area contributed by atoms with Crippen molar-refractivity contribution in [1.29, 1.82) is 0 Å². The molecule has 0 saturated carbocycles. The van der Waals surface area contributed by atoms with Crippen molar-refractivity contribution < 1.29 is 4.21 Å². The zero-order chi connectivity index (χ0) is 15.7. The fourth-order valence-corrected chi connectivity index (χ4v) is 2.78. The Balaban J connectivity index is 2.00. The third kappa shape index (κ3) is 2.98. The molecule has 0 bridgehead atoms. The van der Waals surface area contributed by atoms with Gasteiger partial charge in [-0.3, -0.25) is 0 Å². The fraction of sp³-hybridized carbons (Fsp3) is 0.200. The van der Waals surface area contributed by atoms with Crippen molar-refractivity contribution in [2.24, 2.45) is 0 Å². The van der Waals surface area contributed by atoms with Crippen LogP contribution in [-0.2, 0) is 11.0 Å². The molecule has 3 aromatic rings. The second-order valence-electron chi connectivity index (χ2n) is 5.10. The van der Waals surface area contributed by atoms with E-state index in [-0.39, 0.29) is 10.5 Å². The van der Waals surface area contributed by atoms with Crippen LogP contribution in [0.15, 0.2) is 42.7 Å². The highest BCUT2D eigenvalue weighted by atomic mass is 35.5. The minimum atomic E-state index is -1.11. The van der Waals surface area contributed by atoms with E-state index in [0.29, 0.717) is 0 Å². The van der Waals surface area contributed by atoms with Crippen LogP contribution in [0.25, 0.3) is 16.7 Å². The molecule has 0 amide bonds. The quantitative estimate of drug-likeness (QED) is 0.742. The van der Waals surface area contributed by atoms with Crippen LogP contribution in [0.3, 0.4) is 0 Å². The average Bonchev–Trinajstić information content (AvgIpc) is 2.90. The number of nitrogens with one attached hydrogen (secondary N) is 1. The summed E-state index contributed by atoms with van der Waals surface area (Å²) in [6, 6.07) is 9.61. The summed E-state index contributed by atoms with van der Waals surface area (Å²) in [5.74, 6) is 0. The van der Waals surface area contributed by atoms with Crippen LogP contribution in [0.4, 0.5) is 5.69 Å². The van der Waals surface area contributed by atoms with Crippen LogP contribution in [0.5, 0.6) is 0 Å². The number of halogens is 1. The van der Waals surface area contributed by atoms with Crippen LogP contribution in [0.1, 0.15) is 13.8 Å². The van der Waals surface area contributed by atoms with E-state index in [2.05, 4.69) is 14.7 Å². The first kappa shape index (κ1) is 15.0. The topological polar surface area (TPSA) is 59.8 Å². The first-order valence-electron chi connectivity index (χ1n) is 6.82. The number of fused-ring (bicyclic) bond motifs is 1. The number of benzene rings is 1. The smallest absolute Gasteiger partial charge is 0.224 e. The maximum absolute atomic E-state index is 11.9. The van der Waals surface area contributed by atoms with E-state index in [1.807, 2.05) is 54.9 Å². The van der Waals surface area contributed by atoms with Crippen molar-refractivity contribution in [1.82, 2.24) is 14.5 Å². The second kappa shape index (κ2) is 6.06. The molecule has 0 radical (unpaired) electrons. The molecular formula is C15H15ClN4OS. The molecular weight excluding hydrogens is 320 g/mol. The van der Waals surface area contributed by atoms with E-state index in [1.165, 1.54) is 0 Å². The predicted molar refractivity (Wildman–Crippen MR) is 90.8 cm³/mol. The van der Waals surface area contributed by atoms with Crippen molar-refractivity contribution in [3.63, 3.8) is 0 Å². The molecule has 7 heteroatoms. The van der Waals surface area contributed by atoms with Gasteiger partial charge in [-0.2, -0.15) is 4.98 Å². The van der Waals surface area contributed by atoms with Gasteiger partial charge >= 0.3 is 0 Å². The summed E-state index contributed by atoms with van der Waals surface area (Å²) in [4.78, 5) is 8.25. The van der Waals surface area contributed by atoms with Gasteiger partial charge < -0.3 is 9.29 Å². The Morgan fingerprint density at radius 3 is 2.91 bits per heavy atom. The minimum Gasteiger partial charge on any atom is -0.305 e. The van der Waals surface area contributed by atoms with E-state index >= 15 is 0 Å². The molecule has 2 aromatic heterocycles. The van der Waals surface area contributed by atoms with Crippen LogP contribution in [0.2, 0.25) is 5.28 Å². The number of anilines is 1. The number of hydrogen-bond donors (Lipinski definition) is 1. The third-order valence-electron chi connectivity index (χ3n) is 3.17. The standard InChI is InChI=1S/C15H15ClN4OS/c1-10(2)22(21)19-12-4-3-5-13(8-12)20-7-6-11-9-17-15(16)18-14(11)20/h3-10,19H,1-2H3. The van der Waals surface area contributed by atoms with Crippen molar-refractivity contribution in [2.45, 2.75) is 19.1 Å².